The molecule has 0 amide bonds. The third-order valence-corrected chi connectivity index (χ3v) is 6.30. The first-order valence-corrected chi connectivity index (χ1v) is 9.97. The van der Waals surface area contributed by atoms with Crippen molar-refractivity contribution >= 4 is 21.4 Å². The summed E-state index contributed by atoms with van der Waals surface area (Å²) in [5, 5.41) is 19.6. The van der Waals surface area contributed by atoms with Crippen molar-refractivity contribution in [3.8, 4) is 0 Å². The summed E-state index contributed by atoms with van der Waals surface area (Å²) >= 11 is 0. The maximum Gasteiger partial charge on any atom is 0.293 e. The number of anilines is 1. The molecular weight excluding hydrogens is 330 g/mol. The predicted molar refractivity (Wildman–Crippen MR) is 91.2 cm³/mol. The number of hydrogen-bond acceptors (Lipinski definition) is 5. The van der Waals surface area contributed by atoms with E-state index in [0.717, 1.165) is 31.2 Å². The first kappa shape index (κ1) is 17.2. The van der Waals surface area contributed by atoms with E-state index in [1.807, 2.05) is 0 Å². The van der Waals surface area contributed by atoms with Crippen molar-refractivity contribution in [1.29, 1.82) is 0 Å². The topological polar surface area (TPSA) is 115 Å². The molecule has 0 heterocycles. The van der Waals surface area contributed by atoms with E-state index in [9.17, 15) is 18.5 Å². The van der Waals surface area contributed by atoms with Gasteiger partial charge in [-0.05, 0) is 43.2 Å². The number of sulfonamides is 1. The molecule has 0 saturated heterocycles. The number of nitrogens with two attached hydrogens (primary N) is 1. The van der Waals surface area contributed by atoms with Gasteiger partial charge in [0, 0.05) is 12.1 Å². The number of fused-ring (bicyclic) bond motifs is 1. The number of benzene rings is 1. The quantitative estimate of drug-likeness (QED) is 0.637. The molecule has 0 radical (unpaired) electrons. The number of nitrogens with one attached hydrogen (secondary N) is 1. The van der Waals surface area contributed by atoms with Crippen molar-refractivity contribution in [2.24, 2.45) is 17.0 Å². The van der Waals surface area contributed by atoms with Gasteiger partial charge in [0.15, 0.2) is 0 Å². The number of nitro groups is 1. The van der Waals surface area contributed by atoms with Crippen LogP contribution >= 0.6 is 0 Å². The van der Waals surface area contributed by atoms with Gasteiger partial charge in [0.1, 0.15) is 5.69 Å². The van der Waals surface area contributed by atoms with Gasteiger partial charge in [0.2, 0.25) is 10.0 Å². The Morgan fingerprint density at radius 3 is 2.50 bits per heavy atom. The fraction of sp³-hybridized carbons (Fsp3) is 0.625. The highest BCUT2D eigenvalue weighted by Crippen LogP contribution is 2.41. The van der Waals surface area contributed by atoms with Gasteiger partial charge in [0.05, 0.1) is 9.82 Å². The average Bonchev–Trinajstić information content (AvgIpc) is 2.54. The van der Waals surface area contributed by atoms with Crippen LogP contribution in [-0.4, -0.2) is 19.4 Å². The number of hydrogen-bond donors (Lipinski definition) is 2. The molecule has 0 aliphatic heterocycles. The number of primary sulfonamides is 1. The second-order valence-electron chi connectivity index (χ2n) is 6.94. The third-order valence-electron chi connectivity index (χ3n) is 5.39. The van der Waals surface area contributed by atoms with Gasteiger partial charge in [0.25, 0.3) is 5.69 Å². The number of rotatable bonds is 4. The lowest BCUT2D eigenvalue weighted by atomic mass is 9.69. The van der Waals surface area contributed by atoms with Crippen molar-refractivity contribution in [3.63, 3.8) is 0 Å². The molecule has 8 heteroatoms. The molecule has 0 spiro atoms. The van der Waals surface area contributed by atoms with Crippen LogP contribution in [0.25, 0.3) is 0 Å². The van der Waals surface area contributed by atoms with Gasteiger partial charge in [-0.2, -0.15) is 0 Å². The molecule has 3 N–H and O–H groups in total. The minimum Gasteiger partial charge on any atom is -0.377 e. The predicted octanol–water partition coefficient (Wildman–Crippen LogP) is 3.01. The van der Waals surface area contributed by atoms with E-state index in [-0.39, 0.29) is 16.6 Å². The largest absolute Gasteiger partial charge is 0.377 e. The molecule has 24 heavy (non-hydrogen) atoms. The minimum absolute atomic E-state index is 0.198. The van der Waals surface area contributed by atoms with Crippen molar-refractivity contribution < 1.29 is 13.3 Å². The van der Waals surface area contributed by atoms with Crippen LogP contribution in [0.15, 0.2) is 23.1 Å². The van der Waals surface area contributed by atoms with E-state index in [2.05, 4.69) is 5.32 Å². The number of nitrogens with zero attached hydrogens (tertiary/aromatic N) is 1. The van der Waals surface area contributed by atoms with Crippen molar-refractivity contribution in [1.82, 2.24) is 0 Å². The van der Waals surface area contributed by atoms with Gasteiger partial charge < -0.3 is 5.32 Å². The van der Waals surface area contributed by atoms with E-state index < -0.39 is 14.9 Å². The van der Waals surface area contributed by atoms with E-state index in [4.69, 9.17) is 5.14 Å². The molecule has 3 atom stereocenters. The Kier molecular flexibility index (Phi) is 4.78. The molecular formula is C16H23N3O4S. The fourth-order valence-electron chi connectivity index (χ4n) is 4.19. The van der Waals surface area contributed by atoms with Crippen LogP contribution in [0.1, 0.15) is 44.9 Å². The van der Waals surface area contributed by atoms with E-state index in [0.29, 0.717) is 11.6 Å². The van der Waals surface area contributed by atoms with Gasteiger partial charge in [-0.15, -0.1) is 0 Å². The molecule has 3 rings (SSSR count). The van der Waals surface area contributed by atoms with Gasteiger partial charge in [-0.25, -0.2) is 13.6 Å². The lowest BCUT2D eigenvalue weighted by Gasteiger charge is -2.39. The first-order chi connectivity index (χ1) is 11.3. The van der Waals surface area contributed by atoms with Crippen molar-refractivity contribution in [2.75, 3.05) is 5.32 Å². The van der Waals surface area contributed by atoms with Gasteiger partial charge in [-0.1, -0.05) is 25.7 Å². The lowest BCUT2D eigenvalue weighted by Crippen LogP contribution is -2.34. The molecule has 2 aliphatic carbocycles. The van der Waals surface area contributed by atoms with E-state index in [1.54, 1.807) is 0 Å². The summed E-state index contributed by atoms with van der Waals surface area (Å²) < 4.78 is 22.8. The Morgan fingerprint density at radius 2 is 1.83 bits per heavy atom. The van der Waals surface area contributed by atoms with Gasteiger partial charge >= 0.3 is 0 Å². The summed E-state index contributed by atoms with van der Waals surface area (Å²) in [6, 6.07) is 3.99. The molecule has 0 unspecified atom stereocenters. The maximum absolute atomic E-state index is 11.4. The second-order valence-corrected chi connectivity index (χ2v) is 8.50. The normalized spacial score (nSPS) is 27.3. The first-order valence-electron chi connectivity index (χ1n) is 8.42. The standard InChI is InChI=1S/C16H23N3O4S/c17-24(22,23)14-7-8-15(16(10-14)19(20)21)18-13-6-5-11-3-1-2-4-12(11)9-13/h7-8,10-13,18H,1-6,9H2,(H2,17,22,23)/t11-,12-,13+/m0/s1. The van der Waals surface area contributed by atoms with E-state index >= 15 is 0 Å². The van der Waals surface area contributed by atoms with Gasteiger partial charge in [-0.3, -0.25) is 10.1 Å². The molecule has 7 nitrogen and oxygen atoms in total. The monoisotopic (exact) mass is 353 g/mol. The molecule has 2 fully saturated rings. The van der Waals surface area contributed by atoms with Crippen LogP contribution < -0.4 is 10.5 Å². The Morgan fingerprint density at radius 1 is 1.12 bits per heavy atom. The molecule has 0 bridgehead atoms. The molecule has 1 aromatic rings. The zero-order chi connectivity index (χ0) is 17.3. The zero-order valence-corrected chi connectivity index (χ0v) is 14.3. The van der Waals surface area contributed by atoms with Crippen LogP contribution in [0.3, 0.4) is 0 Å². The zero-order valence-electron chi connectivity index (χ0n) is 13.5. The Hall–Kier alpha value is -1.67. The summed E-state index contributed by atoms with van der Waals surface area (Å²) in [5.41, 5.74) is 0.124. The Labute approximate surface area is 141 Å². The molecule has 2 aliphatic rings. The highest BCUT2D eigenvalue weighted by atomic mass is 32.2. The summed E-state index contributed by atoms with van der Waals surface area (Å²) in [6.07, 6.45) is 8.33. The number of nitro benzene ring substituents is 1. The maximum atomic E-state index is 11.4. The summed E-state index contributed by atoms with van der Waals surface area (Å²) in [7, 11) is -3.96. The van der Waals surface area contributed by atoms with Crippen LogP contribution in [0.2, 0.25) is 0 Å². The summed E-state index contributed by atoms with van der Waals surface area (Å²) in [4.78, 5) is 10.5. The van der Waals surface area contributed by atoms with Crippen LogP contribution in [0.4, 0.5) is 11.4 Å². The summed E-state index contributed by atoms with van der Waals surface area (Å²) in [6.45, 7) is 0. The van der Waals surface area contributed by atoms with Crippen LogP contribution in [0.5, 0.6) is 0 Å². The van der Waals surface area contributed by atoms with Crippen molar-refractivity contribution in [2.45, 2.75) is 55.9 Å². The molecule has 2 saturated carbocycles. The SMILES string of the molecule is NS(=O)(=O)c1ccc(N[C@@H]2CC[C@@H]3CCCC[C@H]3C2)c([N+](=O)[O-])c1. The smallest absolute Gasteiger partial charge is 0.293 e. The van der Waals surface area contributed by atoms with Crippen molar-refractivity contribution in [3.05, 3.63) is 28.3 Å². The molecule has 0 aromatic heterocycles. The van der Waals surface area contributed by atoms with Crippen LogP contribution in [-0.2, 0) is 10.0 Å². The Balaban J connectivity index is 1.78. The average molecular weight is 353 g/mol. The minimum atomic E-state index is -3.96. The lowest BCUT2D eigenvalue weighted by molar-refractivity contribution is -0.384. The van der Waals surface area contributed by atoms with Crippen LogP contribution in [0, 0.1) is 22.0 Å². The second kappa shape index (κ2) is 6.68. The Bertz CT molecular complexity index is 735. The van der Waals surface area contributed by atoms with E-state index in [1.165, 1.54) is 37.8 Å². The molecule has 132 valence electrons. The highest BCUT2D eigenvalue weighted by Gasteiger charge is 2.33. The highest BCUT2D eigenvalue weighted by molar-refractivity contribution is 7.89. The third kappa shape index (κ3) is 3.70. The summed E-state index contributed by atoms with van der Waals surface area (Å²) in [5.74, 6) is 1.50. The fourth-order valence-corrected chi connectivity index (χ4v) is 4.72. The molecule has 1 aromatic carbocycles.